The predicted octanol–water partition coefficient (Wildman–Crippen LogP) is 3.92. The van der Waals surface area contributed by atoms with Crippen LogP contribution in [0.5, 0.6) is 0 Å². The molecular weight excluding hydrogens is 348 g/mol. The lowest BCUT2D eigenvalue weighted by atomic mass is 10.2. The monoisotopic (exact) mass is 355 g/mol. The first-order valence-electron chi connectivity index (χ1n) is 5.85. The van der Waals surface area contributed by atoms with Gasteiger partial charge in [0.2, 0.25) is 0 Å². The van der Waals surface area contributed by atoms with Crippen molar-refractivity contribution < 1.29 is 34.8 Å². The van der Waals surface area contributed by atoms with Crippen LogP contribution in [0.1, 0.15) is 5.56 Å². The van der Waals surface area contributed by atoms with Crippen LogP contribution in [0.25, 0.3) is 0 Å². The fraction of sp³-hybridized carbons (Fsp3) is 0.0769. The summed E-state index contributed by atoms with van der Waals surface area (Å²) in [5.41, 5.74) is -2.49. The Bertz CT molecular complexity index is 848. The quantitative estimate of drug-likeness (QED) is 0.849. The van der Waals surface area contributed by atoms with Gasteiger partial charge in [-0.25, -0.2) is 21.6 Å². The highest BCUT2D eigenvalue weighted by Gasteiger charge is 2.35. The van der Waals surface area contributed by atoms with Gasteiger partial charge in [0.1, 0.15) is 5.82 Å². The van der Waals surface area contributed by atoms with Crippen molar-refractivity contribution in [1.29, 1.82) is 0 Å². The van der Waals surface area contributed by atoms with E-state index in [9.17, 15) is 34.8 Å². The maximum absolute atomic E-state index is 13.1. The number of hydrogen-bond donors (Lipinski definition) is 1. The minimum atomic E-state index is -5.02. The summed E-state index contributed by atoms with van der Waals surface area (Å²) in [6.07, 6.45) is -5.02. The highest BCUT2D eigenvalue weighted by molar-refractivity contribution is 7.92. The SMILES string of the molecule is O=S(=O)(Nc1ccc(F)cc1C(F)(F)F)c1ccc(F)c(F)c1. The Balaban J connectivity index is 2.47. The zero-order valence-electron chi connectivity index (χ0n) is 11.0. The van der Waals surface area contributed by atoms with Crippen molar-refractivity contribution in [3.05, 3.63) is 59.4 Å². The third kappa shape index (κ3) is 3.76. The van der Waals surface area contributed by atoms with Gasteiger partial charge in [-0.05, 0) is 36.4 Å². The molecule has 3 nitrogen and oxygen atoms in total. The molecule has 0 aromatic heterocycles. The summed E-state index contributed by atoms with van der Waals surface area (Å²) in [5, 5.41) is 0. The van der Waals surface area contributed by atoms with Gasteiger partial charge in [-0.1, -0.05) is 0 Å². The van der Waals surface area contributed by atoms with Gasteiger partial charge in [0.25, 0.3) is 10.0 Å². The fourth-order valence-electron chi connectivity index (χ4n) is 1.69. The number of sulfonamides is 1. The molecule has 1 N–H and O–H groups in total. The minimum absolute atomic E-state index is 0.114. The molecule has 0 aliphatic carbocycles. The van der Waals surface area contributed by atoms with Crippen LogP contribution in [0.15, 0.2) is 41.3 Å². The van der Waals surface area contributed by atoms with Gasteiger partial charge in [0.05, 0.1) is 16.1 Å². The Kier molecular flexibility index (Phi) is 4.29. The van der Waals surface area contributed by atoms with Crippen LogP contribution in [-0.4, -0.2) is 8.42 Å². The van der Waals surface area contributed by atoms with E-state index in [1.807, 2.05) is 0 Å². The molecule has 0 fully saturated rings. The van der Waals surface area contributed by atoms with Crippen LogP contribution in [-0.2, 0) is 16.2 Å². The standard InChI is InChI=1S/C13H7F6NO2S/c14-7-1-4-12(9(5-7)13(17,18)19)20-23(21,22)8-2-3-10(15)11(16)6-8/h1-6,20H. The number of benzene rings is 2. The van der Waals surface area contributed by atoms with E-state index >= 15 is 0 Å². The topological polar surface area (TPSA) is 46.2 Å². The summed E-state index contributed by atoms with van der Waals surface area (Å²) in [5.74, 6) is -4.02. The third-order valence-electron chi connectivity index (χ3n) is 2.73. The zero-order chi connectivity index (χ0) is 17.4. The maximum Gasteiger partial charge on any atom is 0.418 e. The molecule has 2 aromatic rings. The van der Waals surface area contributed by atoms with Gasteiger partial charge < -0.3 is 0 Å². The average Bonchev–Trinajstić information content (AvgIpc) is 2.42. The van der Waals surface area contributed by atoms with E-state index in [2.05, 4.69) is 0 Å². The molecule has 2 aromatic carbocycles. The molecule has 124 valence electrons. The van der Waals surface area contributed by atoms with Gasteiger partial charge in [0.15, 0.2) is 11.6 Å². The summed E-state index contributed by atoms with van der Waals surface area (Å²) < 4.78 is 103. The molecular formula is C13H7F6NO2S. The highest BCUT2D eigenvalue weighted by atomic mass is 32.2. The normalized spacial score (nSPS) is 12.3. The molecule has 0 aliphatic rings. The maximum atomic E-state index is 13.1. The van der Waals surface area contributed by atoms with Crippen molar-refractivity contribution in [3.63, 3.8) is 0 Å². The van der Waals surface area contributed by atoms with Crippen LogP contribution in [0, 0.1) is 17.5 Å². The molecule has 0 saturated heterocycles. The number of nitrogens with one attached hydrogen (secondary N) is 1. The summed E-state index contributed by atoms with van der Waals surface area (Å²) in [7, 11) is -4.63. The van der Waals surface area contributed by atoms with Crippen molar-refractivity contribution in [2.75, 3.05) is 4.72 Å². The van der Waals surface area contributed by atoms with E-state index in [0.717, 1.165) is 0 Å². The number of rotatable bonds is 3. The molecule has 0 amide bonds. The van der Waals surface area contributed by atoms with Crippen molar-refractivity contribution in [3.8, 4) is 0 Å². The Hall–Kier alpha value is -2.23. The molecule has 23 heavy (non-hydrogen) atoms. The zero-order valence-corrected chi connectivity index (χ0v) is 11.8. The minimum Gasteiger partial charge on any atom is -0.279 e. The summed E-state index contributed by atoms with van der Waals surface area (Å²) in [4.78, 5) is -0.783. The molecule has 0 heterocycles. The third-order valence-corrected chi connectivity index (χ3v) is 4.10. The van der Waals surface area contributed by atoms with Gasteiger partial charge in [-0.15, -0.1) is 0 Å². The van der Waals surface area contributed by atoms with E-state index in [0.29, 0.717) is 30.3 Å². The van der Waals surface area contributed by atoms with E-state index in [1.165, 1.54) is 0 Å². The van der Waals surface area contributed by atoms with E-state index < -0.39 is 49.8 Å². The Labute approximate surface area is 126 Å². The van der Waals surface area contributed by atoms with Gasteiger partial charge in [-0.2, -0.15) is 13.2 Å². The van der Waals surface area contributed by atoms with Crippen molar-refractivity contribution in [1.82, 2.24) is 0 Å². The van der Waals surface area contributed by atoms with E-state index in [1.54, 1.807) is 4.72 Å². The van der Waals surface area contributed by atoms with Gasteiger partial charge in [0, 0.05) is 0 Å². The summed E-state index contributed by atoms with van der Waals surface area (Å²) in [6.45, 7) is 0. The number of anilines is 1. The second kappa shape index (κ2) is 5.76. The van der Waals surface area contributed by atoms with Crippen molar-refractivity contribution in [2.45, 2.75) is 11.1 Å². The molecule has 0 spiro atoms. The Morgan fingerprint density at radius 1 is 0.870 bits per heavy atom. The molecule has 0 aliphatic heterocycles. The Morgan fingerprint density at radius 3 is 2.09 bits per heavy atom. The summed E-state index contributed by atoms with van der Waals surface area (Å²) >= 11 is 0. The van der Waals surface area contributed by atoms with E-state index in [-0.39, 0.29) is 6.07 Å². The molecule has 10 heteroatoms. The van der Waals surface area contributed by atoms with Crippen molar-refractivity contribution >= 4 is 15.7 Å². The molecule has 0 bridgehead atoms. The second-order valence-electron chi connectivity index (χ2n) is 4.37. The smallest absolute Gasteiger partial charge is 0.279 e. The largest absolute Gasteiger partial charge is 0.418 e. The van der Waals surface area contributed by atoms with Gasteiger partial charge in [-0.3, -0.25) is 4.72 Å². The summed E-state index contributed by atoms with van der Waals surface area (Å²) in [6, 6.07) is 2.82. The number of halogens is 6. The molecule has 0 atom stereocenters. The second-order valence-corrected chi connectivity index (χ2v) is 6.05. The lowest BCUT2D eigenvalue weighted by Crippen LogP contribution is -2.17. The molecule has 2 rings (SSSR count). The first kappa shape index (κ1) is 17.1. The number of alkyl halides is 3. The van der Waals surface area contributed by atoms with Gasteiger partial charge >= 0.3 is 6.18 Å². The molecule has 0 radical (unpaired) electrons. The van der Waals surface area contributed by atoms with Crippen LogP contribution in [0.3, 0.4) is 0 Å². The van der Waals surface area contributed by atoms with E-state index in [4.69, 9.17) is 0 Å². The van der Waals surface area contributed by atoms with Crippen LogP contribution < -0.4 is 4.72 Å². The predicted molar refractivity (Wildman–Crippen MR) is 68.6 cm³/mol. The lowest BCUT2D eigenvalue weighted by molar-refractivity contribution is -0.137. The van der Waals surface area contributed by atoms with Crippen LogP contribution in [0.4, 0.5) is 32.0 Å². The number of hydrogen-bond acceptors (Lipinski definition) is 2. The lowest BCUT2D eigenvalue weighted by Gasteiger charge is -2.15. The fourth-order valence-corrected chi connectivity index (χ4v) is 2.78. The van der Waals surface area contributed by atoms with Crippen LogP contribution in [0.2, 0.25) is 0 Å². The first-order valence-corrected chi connectivity index (χ1v) is 7.33. The van der Waals surface area contributed by atoms with Crippen LogP contribution >= 0.6 is 0 Å². The molecule has 0 unspecified atom stereocenters. The first-order chi connectivity index (χ1) is 10.5. The average molecular weight is 355 g/mol. The van der Waals surface area contributed by atoms with Crippen molar-refractivity contribution in [2.24, 2.45) is 0 Å². The Morgan fingerprint density at radius 2 is 1.52 bits per heavy atom. The molecule has 0 saturated carbocycles. The highest BCUT2D eigenvalue weighted by Crippen LogP contribution is 2.36.